The molecule has 0 aliphatic carbocycles. The van der Waals surface area contributed by atoms with Crippen LogP contribution in [0, 0.1) is 6.92 Å². The van der Waals surface area contributed by atoms with E-state index in [0.29, 0.717) is 0 Å². The first-order chi connectivity index (χ1) is 4.24. The lowest BCUT2D eigenvalue weighted by molar-refractivity contribution is 0.112. The van der Waals surface area contributed by atoms with Gasteiger partial charge < -0.3 is 0 Å². The van der Waals surface area contributed by atoms with Crippen molar-refractivity contribution in [3.8, 4) is 0 Å². The van der Waals surface area contributed by atoms with Crippen LogP contribution in [-0.2, 0) is 0 Å². The van der Waals surface area contributed by atoms with Gasteiger partial charge in [-0.1, -0.05) is 0 Å². The number of carbonyl (C=O) groups is 1. The first-order valence-corrected chi connectivity index (χ1v) is 4.06. The Morgan fingerprint density at radius 3 is 2.67 bits per heavy atom. The van der Waals surface area contributed by atoms with Crippen molar-refractivity contribution < 1.29 is 4.79 Å². The fourth-order valence-electron chi connectivity index (χ4n) is 0.586. The van der Waals surface area contributed by atoms with Crippen molar-refractivity contribution in [3.63, 3.8) is 0 Å². The first kappa shape index (κ1) is 6.96. The molecule has 0 fully saturated rings. The molecule has 0 spiro atoms. The Bertz CT molecular complexity index is 229. The van der Waals surface area contributed by atoms with Gasteiger partial charge in [-0.2, -0.15) is 0 Å². The van der Waals surface area contributed by atoms with E-state index < -0.39 is 0 Å². The standard InChI is InChI=1S/C6H5BrOS/c1-4-2-5(3-8)6(7)9-4/h2-3H,1H3. The summed E-state index contributed by atoms with van der Waals surface area (Å²) in [5.41, 5.74) is 0.748. The van der Waals surface area contributed by atoms with Crippen LogP contribution < -0.4 is 0 Å². The fourth-order valence-corrected chi connectivity index (χ4v) is 2.25. The van der Waals surface area contributed by atoms with Crippen molar-refractivity contribution in [2.24, 2.45) is 0 Å². The molecule has 0 bridgehead atoms. The van der Waals surface area contributed by atoms with E-state index in [9.17, 15) is 4.79 Å². The predicted molar refractivity (Wildman–Crippen MR) is 42.1 cm³/mol. The van der Waals surface area contributed by atoms with Crippen LogP contribution in [0.5, 0.6) is 0 Å². The summed E-state index contributed by atoms with van der Waals surface area (Å²) in [6, 6.07) is 1.86. The quantitative estimate of drug-likeness (QED) is 0.644. The minimum absolute atomic E-state index is 0.748. The second-order valence-electron chi connectivity index (χ2n) is 1.70. The molecule has 1 rings (SSSR count). The monoisotopic (exact) mass is 204 g/mol. The smallest absolute Gasteiger partial charge is 0.152 e. The highest BCUT2D eigenvalue weighted by Gasteiger charge is 2.00. The zero-order valence-corrected chi connectivity index (χ0v) is 7.25. The molecule has 9 heavy (non-hydrogen) atoms. The van der Waals surface area contributed by atoms with Gasteiger partial charge in [-0.15, -0.1) is 11.3 Å². The number of aryl methyl sites for hydroxylation is 1. The summed E-state index contributed by atoms with van der Waals surface area (Å²) >= 11 is 4.84. The summed E-state index contributed by atoms with van der Waals surface area (Å²) in [5.74, 6) is 0. The van der Waals surface area contributed by atoms with E-state index in [1.54, 1.807) is 11.3 Å². The van der Waals surface area contributed by atoms with Gasteiger partial charge in [0.25, 0.3) is 0 Å². The molecule has 0 aliphatic heterocycles. The average Bonchev–Trinajstić information content (AvgIpc) is 2.10. The largest absolute Gasteiger partial charge is 0.298 e. The van der Waals surface area contributed by atoms with Gasteiger partial charge in [-0.05, 0) is 28.9 Å². The van der Waals surface area contributed by atoms with Crippen molar-refractivity contribution in [1.82, 2.24) is 0 Å². The lowest BCUT2D eigenvalue weighted by Gasteiger charge is -1.76. The Hall–Kier alpha value is -0.150. The lowest BCUT2D eigenvalue weighted by Crippen LogP contribution is -1.70. The number of aldehydes is 1. The van der Waals surface area contributed by atoms with E-state index in [2.05, 4.69) is 15.9 Å². The average molecular weight is 205 g/mol. The number of hydrogen-bond acceptors (Lipinski definition) is 2. The van der Waals surface area contributed by atoms with Gasteiger partial charge in [0.1, 0.15) is 0 Å². The van der Waals surface area contributed by atoms with Crippen LogP contribution in [0.15, 0.2) is 9.85 Å². The van der Waals surface area contributed by atoms with Crippen molar-refractivity contribution in [2.75, 3.05) is 0 Å². The van der Waals surface area contributed by atoms with Crippen molar-refractivity contribution >= 4 is 33.6 Å². The highest BCUT2D eigenvalue weighted by molar-refractivity contribution is 9.11. The topological polar surface area (TPSA) is 17.1 Å². The molecule has 0 unspecified atom stereocenters. The lowest BCUT2D eigenvalue weighted by atomic mass is 10.3. The van der Waals surface area contributed by atoms with E-state index in [1.165, 1.54) is 0 Å². The molecular weight excluding hydrogens is 200 g/mol. The molecule has 0 aromatic carbocycles. The van der Waals surface area contributed by atoms with E-state index in [4.69, 9.17) is 0 Å². The normalized spacial score (nSPS) is 9.56. The SMILES string of the molecule is Cc1cc(C=O)c(Br)s1. The van der Waals surface area contributed by atoms with Gasteiger partial charge in [0.05, 0.1) is 3.79 Å². The maximum absolute atomic E-state index is 10.2. The minimum atomic E-state index is 0.748. The molecule has 1 aromatic rings. The van der Waals surface area contributed by atoms with Crippen molar-refractivity contribution in [3.05, 3.63) is 20.3 Å². The third kappa shape index (κ3) is 1.40. The van der Waals surface area contributed by atoms with Gasteiger partial charge in [0.15, 0.2) is 6.29 Å². The van der Waals surface area contributed by atoms with Crippen LogP contribution in [0.4, 0.5) is 0 Å². The third-order valence-electron chi connectivity index (χ3n) is 0.963. The van der Waals surface area contributed by atoms with E-state index in [-0.39, 0.29) is 0 Å². The number of hydrogen-bond donors (Lipinski definition) is 0. The first-order valence-electron chi connectivity index (χ1n) is 2.45. The Balaban J connectivity index is 3.15. The third-order valence-corrected chi connectivity index (χ3v) is 2.76. The molecule has 3 heteroatoms. The number of carbonyl (C=O) groups excluding carboxylic acids is 1. The highest BCUT2D eigenvalue weighted by atomic mass is 79.9. The molecule has 0 N–H and O–H groups in total. The van der Waals surface area contributed by atoms with Crippen molar-refractivity contribution in [1.29, 1.82) is 0 Å². The molecule has 1 nitrogen and oxygen atoms in total. The summed E-state index contributed by atoms with van der Waals surface area (Å²) in [7, 11) is 0. The Kier molecular flexibility index (Phi) is 2.03. The van der Waals surface area contributed by atoms with Gasteiger partial charge in [0, 0.05) is 10.4 Å². The summed E-state index contributed by atoms with van der Waals surface area (Å²) in [5, 5.41) is 0. The molecule has 0 radical (unpaired) electrons. The van der Waals surface area contributed by atoms with Crippen molar-refractivity contribution in [2.45, 2.75) is 6.92 Å². The summed E-state index contributed by atoms with van der Waals surface area (Å²) in [4.78, 5) is 11.4. The van der Waals surface area contributed by atoms with Crippen LogP contribution in [0.1, 0.15) is 15.2 Å². The van der Waals surface area contributed by atoms with E-state index in [0.717, 1.165) is 20.5 Å². The van der Waals surface area contributed by atoms with Gasteiger partial charge in [0.2, 0.25) is 0 Å². The predicted octanol–water partition coefficient (Wildman–Crippen LogP) is 2.63. The molecule has 1 aromatic heterocycles. The van der Waals surface area contributed by atoms with Crippen LogP contribution in [0.25, 0.3) is 0 Å². The van der Waals surface area contributed by atoms with Gasteiger partial charge >= 0.3 is 0 Å². The maximum Gasteiger partial charge on any atom is 0.152 e. The molecular formula is C6H5BrOS. The second-order valence-corrected chi connectivity index (χ2v) is 4.28. The number of halogens is 1. The van der Waals surface area contributed by atoms with Crippen LogP contribution in [-0.4, -0.2) is 6.29 Å². The molecule has 0 atom stereocenters. The minimum Gasteiger partial charge on any atom is -0.298 e. The number of thiophene rings is 1. The highest BCUT2D eigenvalue weighted by Crippen LogP contribution is 2.25. The van der Waals surface area contributed by atoms with Crippen LogP contribution in [0.2, 0.25) is 0 Å². The fraction of sp³-hybridized carbons (Fsp3) is 0.167. The molecule has 1 heterocycles. The van der Waals surface area contributed by atoms with Gasteiger partial charge in [-0.25, -0.2) is 0 Å². The molecule has 0 saturated heterocycles. The van der Waals surface area contributed by atoms with Gasteiger partial charge in [-0.3, -0.25) is 4.79 Å². The molecule has 0 saturated carbocycles. The summed E-state index contributed by atoms with van der Waals surface area (Å²) < 4.78 is 0.926. The number of rotatable bonds is 1. The van der Waals surface area contributed by atoms with E-state index in [1.807, 2.05) is 13.0 Å². The van der Waals surface area contributed by atoms with Crippen LogP contribution >= 0.6 is 27.3 Å². The summed E-state index contributed by atoms with van der Waals surface area (Å²) in [6.45, 7) is 1.97. The molecule has 0 aliphatic rings. The Labute approximate surface area is 65.8 Å². The van der Waals surface area contributed by atoms with E-state index >= 15 is 0 Å². The zero-order valence-electron chi connectivity index (χ0n) is 4.85. The Morgan fingerprint density at radius 2 is 2.44 bits per heavy atom. The van der Waals surface area contributed by atoms with Crippen LogP contribution in [0.3, 0.4) is 0 Å². The zero-order chi connectivity index (χ0) is 6.85. The second kappa shape index (κ2) is 2.62. The maximum atomic E-state index is 10.2. The molecule has 0 amide bonds. The summed E-state index contributed by atoms with van der Waals surface area (Å²) in [6.07, 6.45) is 0.855. The Morgan fingerprint density at radius 1 is 1.78 bits per heavy atom. The molecule has 48 valence electrons.